The molecule has 0 unspecified atom stereocenters. The van der Waals surface area contributed by atoms with Crippen LogP contribution in [0.25, 0.3) is 0 Å². The van der Waals surface area contributed by atoms with Crippen LogP contribution in [0.2, 0.25) is 0 Å². The Bertz CT molecular complexity index is 329. The van der Waals surface area contributed by atoms with Crippen LogP contribution in [0.1, 0.15) is 31.4 Å². The summed E-state index contributed by atoms with van der Waals surface area (Å²) in [7, 11) is 4.21. The standard InChI is InChI=1S/C13H20N2O/c1-15(2)13(8-6-11(16)7-9-13)12-5-3-4-10-14-12/h3-5,10-11,16H,6-9H2,1-2H3. The maximum atomic E-state index is 9.63. The van der Waals surface area contributed by atoms with E-state index < -0.39 is 0 Å². The Kier molecular flexibility index (Phi) is 3.26. The first-order valence-corrected chi connectivity index (χ1v) is 5.92. The molecule has 0 amide bonds. The molecule has 1 N–H and O–H groups in total. The molecule has 1 aromatic rings. The van der Waals surface area contributed by atoms with Crippen LogP contribution in [0, 0.1) is 0 Å². The minimum atomic E-state index is -0.128. The van der Waals surface area contributed by atoms with E-state index in [1.165, 1.54) is 0 Å². The average molecular weight is 220 g/mol. The van der Waals surface area contributed by atoms with E-state index in [1.54, 1.807) is 0 Å². The fourth-order valence-corrected chi connectivity index (χ4v) is 2.65. The van der Waals surface area contributed by atoms with Crippen molar-refractivity contribution in [3.05, 3.63) is 30.1 Å². The van der Waals surface area contributed by atoms with Gasteiger partial charge in [0.25, 0.3) is 0 Å². The van der Waals surface area contributed by atoms with E-state index in [9.17, 15) is 5.11 Å². The second-order valence-electron chi connectivity index (χ2n) is 4.87. The monoisotopic (exact) mass is 220 g/mol. The Hall–Kier alpha value is -0.930. The number of hydrogen-bond acceptors (Lipinski definition) is 3. The van der Waals surface area contributed by atoms with Gasteiger partial charge in [-0.3, -0.25) is 9.88 Å². The molecular weight excluding hydrogens is 200 g/mol. The zero-order valence-electron chi connectivity index (χ0n) is 10.1. The van der Waals surface area contributed by atoms with Crippen molar-refractivity contribution < 1.29 is 5.11 Å². The zero-order valence-corrected chi connectivity index (χ0v) is 10.1. The third-order valence-electron chi connectivity index (χ3n) is 3.78. The van der Waals surface area contributed by atoms with Gasteiger partial charge in [0, 0.05) is 6.20 Å². The highest BCUT2D eigenvalue weighted by Crippen LogP contribution is 2.39. The van der Waals surface area contributed by atoms with Gasteiger partial charge in [-0.05, 0) is 51.9 Å². The molecule has 88 valence electrons. The highest BCUT2D eigenvalue weighted by Gasteiger charge is 2.39. The minimum Gasteiger partial charge on any atom is -0.393 e. The first-order valence-electron chi connectivity index (χ1n) is 5.92. The molecule has 16 heavy (non-hydrogen) atoms. The smallest absolute Gasteiger partial charge is 0.0630 e. The normalized spacial score (nSPS) is 30.6. The molecule has 1 heterocycles. The van der Waals surface area contributed by atoms with Crippen LogP contribution >= 0.6 is 0 Å². The van der Waals surface area contributed by atoms with Gasteiger partial charge in [0.1, 0.15) is 0 Å². The van der Waals surface area contributed by atoms with Gasteiger partial charge in [0.15, 0.2) is 0 Å². The van der Waals surface area contributed by atoms with E-state index in [2.05, 4.69) is 30.0 Å². The van der Waals surface area contributed by atoms with Crippen LogP contribution in [0.15, 0.2) is 24.4 Å². The van der Waals surface area contributed by atoms with Crippen LogP contribution in [-0.4, -0.2) is 35.2 Å². The van der Waals surface area contributed by atoms with Crippen LogP contribution in [-0.2, 0) is 5.54 Å². The van der Waals surface area contributed by atoms with E-state index in [0.29, 0.717) is 0 Å². The summed E-state index contributed by atoms with van der Waals surface area (Å²) >= 11 is 0. The number of aliphatic hydroxyl groups excluding tert-OH is 1. The van der Waals surface area contributed by atoms with E-state index in [1.807, 2.05) is 18.3 Å². The van der Waals surface area contributed by atoms with Crippen molar-refractivity contribution in [3.8, 4) is 0 Å². The van der Waals surface area contributed by atoms with Crippen molar-refractivity contribution >= 4 is 0 Å². The Morgan fingerprint density at radius 1 is 1.31 bits per heavy atom. The summed E-state index contributed by atoms with van der Waals surface area (Å²) in [4.78, 5) is 6.75. The minimum absolute atomic E-state index is 0.0144. The first kappa shape index (κ1) is 11.6. The Morgan fingerprint density at radius 2 is 2.00 bits per heavy atom. The fourth-order valence-electron chi connectivity index (χ4n) is 2.65. The van der Waals surface area contributed by atoms with E-state index >= 15 is 0 Å². The lowest BCUT2D eigenvalue weighted by atomic mass is 9.77. The molecule has 1 aliphatic rings. The number of rotatable bonds is 2. The molecule has 0 bridgehead atoms. The number of aliphatic hydroxyl groups is 1. The molecule has 3 nitrogen and oxygen atoms in total. The Balaban J connectivity index is 2.30. The third-order valence-corrected chi connectivity index (χ3v) is 3.78. The summed E-state index contributed by atoms with van der Waals surface area (Å²) in [6, 6.07) is 6.08. The molecule has 1 fully saturated rings. The molecule has 1 aromatic heterocycles. The summed E-state index contributed by atoms with van der Waals surface area (Å²) in [5.41, 5.74) is 1.15. The van der Waals surface area contributed by atoms with Crippen molar-refractivity contribution in [1.82, 2.24) is 9.88 Å². The molecule has 1 aliphatic carbocycles. The maximum Gasteiger partial charge on any atom is 0.0630 e. The van der Waals surface area contributed by atoms with Crippen molar-refractivity contribution in [2.24, 2.45) is 0 Å². The molecule has 0 atom stereocenters. The summed E-state index contributed by atoms with van der Waals surface area (Å²) in [5, 5.41) is 9.63. The lowest BCUT2D eigenvalue weighted by Gasteiger charge is -2.43. The predicted molar refractivity (Wildman–Crippen MR) is 64.1 cm³/mol. The molecule has 0 aromatic carbocycles. The second-order valence-corrected chi connectivity index (χ2v) is 4.87. The quantitative estimate of drug-likeness (QED) is 0.825. The molecular formula is C13H20N2O. The topological polar surface area (TPSA) is 36.4 Å². The van der Waals surface area contributed by atoms with Crippen molar-refractivity contribution in [2.45, 2.75) is 37.3 Å². The lowest BCUT2D eigenvalue weighted by molar-refractivity contribution is 0.0283. The first-order chi connectivity index (χ1) is 7.65. The van der Waals surface area contributed by atoms with Crippen molar-refractivity contribution in [2.75, 3.05) is 14.1 Å². The summed E-state index contributed by atoms with van der Waals surface area (Å²) in [6.07, 6.45) is 5.43. The van der Waals surface area contributed by atoms with E-state index in [0.717, 1.165) is 31.4 Å². The predicted octanol–water partition coefficient (Wildman–Crippen LogP) is 1.77. The van der Waals surface area contributed by atoms with Gasteiger partial charge in [-0.2, -0.15) is 0 Å². The highest BCUT2D eigenvalue weighted by atomic mass is 16.3. The SMILES string of the molecule is CN(C)C1(c2ccccn2)CCC(O)CC1. The van der Waals surface area contributed by atoms with Crippen LogP contribution < -0.4 is 0 Å². The van der Waals surface area contributed by atoms with Gasteiger partial charge in [-0.1, -0.05) is 6.07 Å². The van der Waals surface area contributed by atoms with Gasteiger partial charge >= 0.3 is 0 Å². The largest absolute Gasteiger partial charge is 0.393 e. The lowest BCUT2D eigenvalue weighted by Crippen LogP contribution is -2.45. The average Bonchev–Trinajstić information content (AvgIpc) is 2.31. The summed E-state index contributed by atoms with van der Waals surface area (Å²) in [6.45, 7) is 0. The number of pyridine rings is 1. The highest BCUT2D eigenvalue weighted by molar-refractivity contribution is 5.17. The number of aromatic nitrogens is 1. The Morgan fingerprint density at radius 3 is 2.50 bits per heavy atom. The third kappa shape index (κ3) is 1.97. The molecule has 0 saturated heterocycles. The van der Waals surface area contributed by atoms with Gasteiger partial charge in [-0.15, -0.1) is 0 Å². The van der Waals surface area contributed by atoms with Crippen LogP contribution in [0.4, 0.5) is 0 Å². The number of hydrogen-bond donors (Lipinski definition) is 1. The number of nitrogens with zero attached hydrogens (tertiary/aromatic N) is 2. The van der Waals surface area contributed by atoms with Gasteiger partial charge < -0.3 is 5.11 Å². The second kappa shape index (κ2) is 4.52. The van der Waals surface area contributed by atoms with E-state index in [4.69, 9.17) is 0 Å². The van der Waals surface area contributed by atoms with Gasteiger partial charge in [0.2, 0.25) is 0 Å². The summed E-state index contributed by atoms with van der Waals surface area (Å²) in [5.74, 6) is 0. The fraction of sp³-hybridized carbons (Fsp3) is 0.615. The molecule has 2 rings (SSSR count). The molecule has 3 heteroatoms. The Labute approximate surface area is 97.1 Å². The van der Waals surface area contributed by atoms with E-state index in [-0.39, 0.29) is 11.6 Å². The van der Waals surface area contributed by atoms with Crippen molar-refractivity contribution in [1.29, 1.82) is 0 Å². The molecule has 1 saturated carbocycles. The zero-order chi connectivity index (χ0) is 11.6. The molecule has 0 spiro atoms. The van der Waals surface area contributed by atoms with Crippen molar-refractivity contribution in [3.63, 3.8) is 0 Å². The summed E-state index contributed by atoms with van der Waals surface area (Å²) < 4.78 is 0. The van der Waals surface area contributed by atoms with Crippen LogP contribution in [0.5, 0.6) is 0 Å². The van der Waals surface area contributed by atoms with Gasteiger partial charge in [0.05, 0.1) is 17.3 Å². The van der Waals surface area contributed by atoms with Gasteiger partial charge in [-0.25, -0.2) is 0 Å². The maximum absolute atomic E-state index is 9.63. The molecule has 0 radical (unpaired) electrons. The molecule has 0 aliphatic heterocycles. The van der Waals surface area contributed by atoms with Crippen LogP contribution in [0.3, 0.4) is 0 Å².